The number of aryl methyl sites for hydroxylation is 5. The summed E-state index contributed by atoms with van der Waals surface area (Å²) in [5.41, 5.74) is 4.89. The van der Waals surface area contributed by atoms with Gasteiger partial charge in [-0.05, 0) is 75.1 Å². The summed E-state index contributed by atoms with van der Waals surface area (Å²) in [7, 11) is -3.53. The van der Waals surface area contributed by atoms with Gasteiger partial charge in [0.1, 0.15) is 17.3 Å². The van der Waals surface area contributed by atoms with Gasteiger partial charge in [0.15, 0.2) is 0 Å². The number of carbonyl (C=O) groups excluding carboxylic acids is 1. The summed E-state index contributed by atoms with van der Waals surface area (Å²) < 4.78 is 41.6. The average molecular weight is 566 g/mol. The predicted molar refractivity (Wildman–Crippen MR) is 155 cm³/mol. The Balaban J connectivity index is 1.60. The number of sulfonamides is 1. The molecule has 1 amide bonds. The number of carbonyl (C=O) groups is 1. The topological polar surface area (TPSA) is 128 Å². The number of anilines is 2. The Morgan fingerprint density at radius 1 is 1.05 bits per heavy atom. The molecule has 0 saturated heterocycles. The van der Waals surface area contributed by atoms with Crippen LogP contribution >= 0.6 is 0 Å². The standard InChI is InChI=1S/C29H35N5O5S/c1-6-7-12-40(36,37)33-25-15-23(28-21(4)32-39-22(28)5)16-26(17-25)38-29-19(2)13-24(14-20(29)3)31-27(35)8-10-34-11-9-30-18-34/h9,11,13-18,33H,6-8,10,12H2,1-5H3,(H,31,35). The Morgan fingerprint density at radius 3 is 2.42 bits per heavy atom. The van der Waals surface area contributed by atoms with E-state index in [4.69, 9.17) is 9.26 Å². The number of hydrogen-bond donors (Lipinski definition) is 2. The van der Waals surface area contributed by atoms with Crippen molar-refractivity contribution >= 4 is 27.3 Å². The summed E-state index contributed by atoms with van der Waals surface area (Å²) in [5.74, 6) is 1.62. The molecule has 0 aliphatic carbocycles. The van der Waals surface area contributed by atoms with Gasteiger partial charge >= 0.3 is 0 Å². The molecule has 0 fully saturated rings. The molecule has 2 heterocycles. The first-order valence-electron chi connectivity index (χ1n) is 13.2. The van der Waals surface area contributed by atoms with Crippen molar-refractivity contribution in [1.29, 1.82) is 0 Å². The lowest BCUT2D eigenvalue weighted by molar-refractivity contribution is -0.116. The number of benzene rings is 2. The molecule has 40 heavy (non-hydrogen) atoms. The number of hydrogen-bond acceptors (Lipinski definition) is 7. The number of amides is 1. The van der Waals surface area contributed by atoms with Crippen LogP contribution in [0.3, 0.4) is 0 Å². The number of ether oxygens (including phenoxy) is 1. The largest absolute Gasteiger partial charge is 0.457 e. The van der Waals surface area contributed by atoms with Crippen LogP contribution in [0.2, 0.25) is 0 Å². The zero-order valence-electron chi connectivity index (χ0n) is 23.4. The van der Waals surface area contributed by atoms with Crippen molar-refractivity contribution in [3.63, 3.8) is 0 Å². The monoisotopic (exact) mass is 565 g/mol. The van der Waals surface area contributed by atoms with Crippen molar-refractivity contribution in [2.24, 2.45) is 0 Å². The maximum Gasteiger partial charge on any atom is 0.232 e. The van der Waals surface area contributed by atoms with Crippen LogP contribution in [0.4, 0.5) is 11.4 Å². The molecule has 11 heteroatoms. The normalized spacial score (nSPS) is 11.4. The summed E-state index contributed by atoms with van der Waals surface area (Å²) in [5, 5.41) is 6.99. The molecule has 2 aromatic carbocycles. The molecule has 2 N–H and O–H groups in total. The highest BCUT2D eigenvalue weighted by Crippen LogP contribution is 2.37. The second-order valence-electron chi connectivity index (χ2n) is 9.86. The van der Waals surface area contributed by atoms with Gasteiger partial charge in [-0.2, -0.15) is 0 Å². The third-order valence-electron chi connectivity index (χ3n) is 6.39. The van der Waals surface area contributed by atoms with E-state index in [-0.39, 0.29) is 11.7 Å². The number of imidazole rings is 1. The van der Waals surface area contributed by atoms with E-state index in [0.29, 0.717) is 53.7 Å². The molecule has 0 unspecified atom stereocenters. The van der Waals surface area contributed by atoms with E-state index in [1.54, 1.807) is 24.7 Å². The minimum atomic E-state index is -3.53. The van der Waals surface area contributed by atoms with E-state index in [2.05, 4.69) is 20.2 Å². The SMILES string of the molecule is CCCCS(=O)(=O)Nc1cc(Oc2c(C)cc(NC(=O)CCn3ccnc3)cc2C)cc(-c2c(C)noc2C)c1. The lowest BCUT2D eigenvalue weighted by Crippen LogP contribution is -2.16. The van der Waals surface area contributed by atoms with Gasteiger partial charge in [0.2, 0.25) is 15.9 Å². The maximum absolute atomic E-state index is 12.7. The minimum absolute atomic E-state index is 0.0307. The van der Waals surface area contributed by atoms with Gasteiger partial charge in [-0.15, -0.1) is 0 Å². The van der Waals surface area contributed by atoms with E-state index < -0.39 is 10.0 Å². The van der Waals surface area contributed by atoms with Crippen LogP contribution < -0.4 is 14.8 Å². The molecule has 4 aromatic rings. The second kappa shape index (κ2) is 12.4. The van der Waals surface area contributed by atoms with Crippen molar-refractivity contribution in [2.45, 2.75) is 60.4 Å². The Morgan fingerprint density at radius 2 is 1.80 bits per heavy atom. The van der Waals surface area contributed by atoms with Gasteiger partial charge in [-0.3, -0.25) is 9.52 Å². The van der Waals surface area contributed by atoms with Crippen LogP contribution in [0.25, 0.3) is 11.1 Å². The number of rotatable bonds is 12. The van der Waals surface area contributed by atoms with Crippen LogP contribution in [0.15, 0.2) is 53.6 Å². The highest BCUT2D eigenvalue weighted by atomic mass is 32.2. The van der Waals surface area contributed by atoms with Gasteiger partial charge < -0.3 is 19.1 Å². The fourth-order valence-electron chi connectivity index (χ4n) is 4.50. The van der Waals surface area contributed by atoms with E-state index in [1.807, 2.05) is 63.6 Å². The second-order valence-corrected chi connectivity index (χ2v) is 11.7. The number of unbranched alkanes of at least 4 members (excludes halogenated alkanes) is 1. The van der Waals surface area contributed by atoms with E-state index in [1.165, 1.54) is 0 Å². The van der Waals surface area contributed by atoms with Gasteiger partial charge in [0, 0.05) is 42.7 Å². The number of nitrogens with zero attached hydrogens (tertiary/aromatic N) is 3. The van der Waals surface area contributed by atoms with Crippen molar-refractivity contribution in [3.8, 4) is 22.6 Å². The summed E-state index contributed by atoms with van der Waals surface area (Å²) >= 11 is 0. The van der Waals surface area contributed by atoms with Crippen molar-refractivity contribution in [3.05, 3.63) is 71.6 Å². The zero-order chi connectivity index (χ0) is 28.9. The van der Waals surface area contributed by atoms with Crippen LogP contribution in [-0.4, -0.2) is 34.8 Å². The Labute approximate surface area is 234 Å². The molecular formula is C29H35N5O5S. The first-order valence-corrected chi connectivity index (χ1v) is 14.8. The molecule has 0 radical (unpaired) electrons. The van der Waals surface area contributed by atoms with Gasteiger partial charge in [0.05, 0.1) is 23.5 Å². The first kappa shape index (κ1) is 28.9. The number of nitrogens with one attached hydrogen (secondary N) is 2. The molecule has 2 aromatic heterocycles. The van der Waals surface area contributed by atoms with Crippen LogP contribution in [0, 0.1) is 27.7 Å². The van der Waals surface area contributed by atoms with Crippen molar-refractivity contribution < 1.29 is 22.5 Å². The van der Waals surface area contributed by atoms with Gasteiger partial charge in [-0.1, -0.05) is 18.5 Å². The third kappa shape index (κ3) is 7.29. The fraction of sp³-hybridized carbons (Fsp3) is 0.345. The van der Waals surface area contributed by atoms with Crippen molar-refractivity contribution in [1.82, 2.24) is 14.7 Å². The van der Waals surface area contributed by atoms with E-state index >= 15 is 0 Å². The molecule has 0 bridgehead atoms. The smallest absolute Gasteiger partial charge is 0.232 e. The Hall–Kier alpha value is -4.12. The fourth-order valence-corrected chi connectivity index (χ4v) is 5.74. The summed E-state index contributed by atoms with van der Waals surface area (Å²) in [6, 6.07) is 8.95. The lowest BCUT2D eigenvalue weighted by Gasteiger charge is -2.17. The number of aromatic nitrogens is 3. The predicted octanol–water partition coefficient (Wildman–Crippen LogP) is 6.13. The van der Waals surface area contributed by atoms with Crippen molar-refractivity contribution in [2.75, 3.05) is 15.8 Å². The molecular weight excluding hydrogens is 530 g/mol. The van der Waals surface area contributed by atoms with Crippen LogP contribution in [0.5, 0.6) is 11.5 Å². The highest BCUT2D eigenvalue weighted by molar-refractivity contribution is 7.92. The average Bonchev–Trinajstić information content (AvgIpc) is 3.52. The molecule has 0 saturated carbocycles. The van der Waals surface area contributed by atoms with E-state index in [0.717, 1.165) is 28.7 Å². The molecule has 0 spiro atoms. The van der Waals surface area contributed by atoms with E-state index in [9.17, 15) is 13.2 Å². The molecule has 0 aliphatic rings. The summed E-state index contributed by atoms with van der Waals surface area (Å²) in [6.45, 7) is 9.93. The van der Waals surface area contributed by atoms with Crippen LogP contribution in [-0.2, 0) is 21.4 Å². The van der Waals surface area contributed by atoms with Crippen LogP contribution in [0.1, 0.15) is 48.8 Å². The summed E-state index contributed by atoms with van der Waals surface area (Å²) in [4.78, 5) is 16.5. The summed E-state index contributed by atoms with van der Waals surface area (Å²) in [6.07, 6.45) is 6.82. The first-order chi connectivity index (χ1) is 19.0. The quantitative estimate of drug-likeness (QED) is 0.211. The highest BCUT2D eigenvalue weighted by Gasteiger charge is 2.18. The molecule has 10 nitrogen and oxygen atoms in total. The Bertz CT molecular complexity index is 1550. The molecule has 4 rings (SSSR count). The molecule has 212 valence electrons. The minimum Gasteiger partial charge on any atom is -0.457 e. The zero-order valence-corrected chi connectivity index (χ0v) is 24.3. The molecule has 0 aliphatic heterocycles. The lowest BCUT2D eigenvalue weighted by atomic mass is 10.0. The maximum atomic E-state index is 12.7. The Kier molecular flexibility index (Phi) is 8.93. The third-order valence-corrected chi connectivity index (χ3v) is 7.76. The van der Waals surface area contributed by atoms with Gasteiger partial charge in [-0.25, -0.2) is 13.4 Å². The molecule has 0 atom stereocenters. The van der Waals surface area contributed by atoms with Gasteiger partial charge in [0.25, 0.3) is 0 Å².